The summed E-state index contributed by atoms with van der Waals surface area (Å²) in [6, 6.07) is 6.09. The van der Waals surface area contributed by atoms with Gasteiger partial charge in [0.2, 0.25) is 0 Å². The maximum atomic E-state index is 11.6. The van der Waals surface area contributed by atoms with Gasteiger partial charge in [0.15, 0.2) is 0 Å². The Morgan fingerprint density at radius 3 is 3.05 bits per heavy atom. The Labute approximate surface area is 117 Å². The van der Waals surface area contributed by atoms with E-state index in [0.717, 1.165) is 35.9 Å². The van der Waals surface area contributed by atoms with Gasteiger partial charge in [-0.25, -0.2) is 4.79 Å². The first-order chi connectivity index (χ1) is 9.19. The summed E-state index contributed by atoms with van der Waals surface area (Å²) >= 11 is 6.08. The van der Waals surface area contributed by atoms with E-state index in [-0.39, 0.29) is 12.1 Å². The van der Waals surface area contributed by atoms with E-state index < -0.39 is 0 Å². The highest BCUT2D eigenvalue weighted by atomic mass is 35.5. The van der Waals surface area contributed by atoms with Crippen molar-refractivity contribution in [2.75, 3.05) is 31.1 Å². The Morgan fingerprint density at radius 2 is 2.26 bits per heavy atom. The summed E-state index contributed by atoms with van der Waals surface area (Å²) in [6.07, 6.45) is 0. The molecular formula is C13H17ClN4O. The first-order valence-electron chi connectivity index (χ1n) is 6.47. The highest BCUT2D eigenvalue weighted by molar-refractivity contribution is 6.30. The first kappa shape index (κ1) is 12.6. The number of fused-ring (bicyclic) bond motifs is 1. The van der Waals surface area contributed by atoms with E-state index in [1.807, 2.05) is 23.1 Å². The van der Waals surface area contributed by atoms with Crippen LogP contribution >= 0.6 is 11.6 Å². The normalized spacial score (nSPS) is 22.4. The third-order valence-corrected chi connectivity index (χ3v) is 4.08. The second-order valence-corrected chi connectivity index (χ2v) is 5.39. The zero-order valence-electron chi connectivity index (χ0n) is 10.6. The van der Waals surface area contributed by atoms with Crippen LogP contribution in [-0.4, -0.2) is 43.2 Å². The smallest absolute Gasteiger partial charge is 0.317 e. The number of rotatable bonds is 2. The van der Waals surface area contributed by atoms with E-state index in [1.54, 1.807) is 0 Å². The topological polar surface area (TPSA) is 61.6 Å². The minimum absolute atomic E-state index is 0.0507. The molecule has 2 aliphatic heterocycles. The van der Waals surface area contributed by atoms with Crippen LogP contribution in [0.1, 0.15) is 5.56 Å². The molecule has 0 aliphatic carbocycles. The fourth-order valence-electron chi connectivity index (χ4n) is 2.83. The van der Waals surface area contributed by atoms with Gasteiger partial charge < -0.3 is 20.9 Å². The van der Waals surface area contributed by atoms with Crippen molar-refractivity contribution < 1.29 is 4.79 Å². The molecule has 0 aromatic heterocycles. The Morgan fingerprint density at radius 1 is 1.42 bits per heavy atom. The fourth-order valence-corrected chi connectivity index (χ4v) is 2.99. The quantitative estimate of drug-likeness (QED) is 0.850. The van der Waals surface area contributed by atoms with Crippen LogP contribution in [-0.2, 0) is 6.54 Å². The number of piperazine rings is 1. The largest absolute Gasteiger partial charge is 0.367 e. The first-order valence-corrected chi connectivity index (χ1v) is 6.85. The van der Waals surface area contributed by atoms with Crippen molar-refractivity contribution in [1.82, 2.24) is 10.2 Å². The lowest BCUT2D eigenvalue weighted by Crippen LogP contribution is -2.52. The molecule has 0 radical (unpaired) electrons. The zero-order valence-corrected chi connectivity index (χ0v) is 11.4. The molecule has 0 spiro atoms. The second kappa shape index (κ2) is 4.90. The number of nitrogens with two attached hydrogens (primary N) is 1. The molecule has 3 rings (SSSR count). The Balaban J connectivity index is 1.84. The molecule has 19 heavy (non-hydrogen) atoms. The van der Waals surface area contributed by atoms with E-state index >= 15 is 0 Å². The zero-order chi connectivity index (χ0) is 13.4. The minimum Gasteiger partial charge on any atom is -0.367 e. The number of carbonyl (C=O) groups excluding carboxylic acids is 1. The van der Waals surface area contributed by atoms with Gasteiger partial charge in [-0.05, 0) is 17.7 Å². The van der Waals surface area contributed by atoms with Gasteiger partial charge >= 0.3 is 6.03 Å². The summed E-state index contributed by atoms with van der Waals surface area (Å²) in [5, 5.41) is 3.60. The molecule has 1 unspecified atom stereocenters. The molecule has 2 aliphatic rings. The number of amides is 2. The number of hydrogen-bond acceptors (Lipinski definition) is 3. The van der Waals surface area contributed by atoms with Gasteiger partial charge in [0.25, 0.3) is 0 Å². The van der Waals surface area contributed by atoms with Crippen LogP contribution in [0.2, 0.25) is 5.02 Å². The molecule has 1 atom stereocenters. The standard InChI is InChI=1S/C13H17ClN4O/c14-10-2-1-9(6-15)12(5-10)17-3-4-18-11(8-17)7-16-13(18)19/h1-2,5,11H,3-4,6-8,15H2,(H,16,19). The van der Waals surface area contributed by atoms with Gasteiger partial charge in [-0.3, -0.25) is 0 Å². The fraction of sp³-hybridized carbons (Fsp3) is 0.462. The molecule has 1 aromatic carbocycles. The lowest BCUT2D eigenvalue weighted by Gasteiger charge is -2.38. The summed E-state index contributed by atoms with van der Waals surface area (Å²) in [6.45, 7) is 3.60. The van der Waals surface area contributed by atoms with Crippen LogP contribution in [0.15, 0.2) is 18.2 Å². The van der Waals surface area contributed by atoms with Crippen LogP contribution in [0.5, 0.6) is 0 Å². The lowest BCUT2D eigenvalue weighted by molar-refractivity contribution is 0.197. The molecule has 5 nitrogen and oxygen atoms in total. The minimum atomic E-state index is 0.0507. The lowest BCUT2D eigenvalue weighted by atomic mass is 10.1. The monoisotopic (exact) mass is 280 g/mol. The number of nitrogens with zero attached hydrogens (tertiary/aromatic N) is 2. The maximum Gasteiger partial charge on any atom is 0.317 e. The van der Waals surface area contributed by atoms with Gasteiger partial charge in [-0.2, -0.15) is 0 Å². The van der Waals surface area contributed by atoms with Crippen LogP contribution in [0.25, 0.3) is 0 Å². The Kier molecular flexibility index (Phi) is 3.24. The molecular weight excluding hydrogens is 264 g/mol. The summed E-state index contributed by atoms with van der Waals surface area (Å²) in [7, 11) is 0. The van der Waals surface area contributed by atoms with E-state index in [9.17, 15) is 4.79 Å². The highest BCUT2D eigenvalue weighted by Crippen LogP contribution is 2.27. The highest BCUT2D eigenvalue weighted by Gasteiger charge is 2.35. The molecule has 0 saturated carbocycles. The average Bonchev–Trinajstić information content (AvgIpc) is 2.80. The number of anilines is 1. The van der Waals surface area contributed by atoms with Crippen molar-refractivity contribution in [2.45, 2.75) is 12.6 Å². The van der Waals surface area contributed by atoms with Crippen molar-refractivity contribution in [3.8, 4) is 0 Å². The summed E-state index contributed by atoms with van der Waals surface area (Å²) in [4.78, 5) is 15.8. The van der Waals surface area contributed by atoms with Gasteiger partial charge in [0.1, 0.15) is 0 Å². The van der Waals surface area contributed by atoms with Crippen LogP contribution in [0.4, 0.5) is 10.5 Å². The van der Waals surface area contributed by atoms with E-state index in [4.69, 9.17) is 17.3 Å². The van der Waals surface area contributed by atoms with Gasteiger partial charge in [0.05, 0.1) is 6.04 Å². The molecule has 102 valence electrons. The van der Waals surface area contributed by atoms with Crippen molar-refractivity contribution in [2.24, 2.45) is 5.73 Å². The number of halogens is 1. The molecule has 2 fully saturated rings. The SMILES string of the molecule is NCc1ccc(Cl)cc1N1CCN2C(=O)NCC2C1. The van der Waals surface area contributed by atoms with Crippen molar-refractivity contribution >= 4 is 23.3 Å². The van der Waals surface area contributed by atoms with Gasteiger partial charge in [-0.1, -0.05) is 17.7 Å². The predicted molar refractivity (Wildman–Crippen MR) is 75.4 cm³/mol. The van der Waals surface area contributed by atoms with E-state index in [0.29, 0.717) is 13.1 Å². The molecule has 3 N–H and O–H groups in total. The predicted octanol–water partition coefficient (Wildman–Crippen LogP) is 1.01. The molecule has 2 saturated heterocycles. The third-order valence-electron chi connectivity index (χ3n) is 3.84. The number of hydrogen-bond donors (Lipinski definition) is 2. The van der Waals surface area contributed by atoms with E-state index in [2.05, 4.69) is 10.2 Å². The van der Waals surface area contributed by atoms with E-state index in [1.165, 1.54) is 0 Å². The number of benzene rings is 1. The number of nitrogens with one attached hydrogen (secondary N) is 1. The Hall–Kier alpha value is -1.46. The molecule has 0 bridgehead atoms. The van der Waals surface area contributed by atoms with Crippen LogP contribution in [0.3, 0.4) is 0 Å². The van der Waals surface area contributed by atoms with Crippen LogP contribution < -0.4 is 16.0 Å². The molecule has 1 aromatic rings. The van der Waals surface area contributed by atoms with Crippen molar-refractivity contribution in [1.29, 1.82) is 0 Å². The second-order valence-electron chi connectivity index (χ2n) is 4.96. The molecule has 2 heterocycles. The maximum absolute atomic E-state index is 11.6. The number of urea groups is 1. The summed E-state index contributed by atoms with van der Waals surface area (Å²) in [5.74, 6) is 0. The Bertz CT molecular complexity index is 507. The molecule has 2 amide bonds. The summed E-state index contributed by atoms with van der Waals surface area (Å²) in [5.41, 5.74) is 7.97. The van der Waals surface area contributed by atoms with Gasteiger partial charge in [0, 0.05) is 43.4 Å². The van der Waals surface area contributed by atoms with Crippen molar-refractivity contribution in [3.63, 3.8) is 0 Å². The number of carbonyl (C=O) groups is 1. The average molecular weight is 281 g/mol. The van der Waals surface area contributed by atoms with Crippen molar-refractivity contribution in [3.05, 3.63) is 28.8 Å². The van der Waals surface area contributed by atoms with Crippen LogP contribution in [0, 0.1) is 0 Å². The molecule has 6 heteroatoms. The third kappa shape index (κ3) is 2.24. The summed E-state index contributed by atoms with van der Waals surface area (Å²) < 4.78 is 0. The van der Waals surface area contributed by atoms with Gasteiger partial charge in [-0.15, -0.1) is 0 Å².